The molecule has 0 spiro atoms. The average molecular weight is 268 g/mol. The van der Waals surface area contributed by atoms with E-state index < -0.39 is 0 Å². The Labute approximate surface area is 118 Å². The maximum Gasteiger partial charge on any atom is 0.0472 e. The predicted octanol–water partition coefficient (Wildman–Crippen LogP) is 1.57. The quantitative estimate of drug-likeness (QED) is 0.812. The van der Waals surface area contributed by atoms with E-state index in [1.807, 2.05) is 0 Å². The molecular weight excluding hydrogens is 236 g/mol. The molecule has 2 unspecified atom stereocenters. The van der Waals surface area contributed by atoms with Crippen LogP contribution >= 0.6 is 0 Å². The summed E-state index contributed by atoms with van der Waals surface area (Å²) in [6.45, 7) is 11.2. The van der Waals surface area contributed by atoms with Crippen molar-refractivity contribution in [2.75, 3.05) is 26.2 Å². The second-order valence-electron chi connectivity index (χ2n) is 6.57. The Kier molecular flexibility index (Phi) is 5.23. The molecule has 2 aliphatic rings. The Morgan fingerprint density at radius 3 is 2.21 bits per heavy atom. The number of nitrogens with two attached hydrogens (primary N) is 1. The highest BCUT2D eigenvalue weighted by Crippen LogP contribution is 2.26. The van der Waals surface area contributed by atoms with E-state index >= 15 is 0 Å². The summed E-state index contributed by atoms with van der Waals surface area (Å²) in [6.07, 6.45) is 6.32. The summed E-state index contributed by atoms with van der Waals surface area (Å²) in [5.41, 5.74) is 10.1. The molecule has 0 amide bonds. The lowest BCUT2D eigenvalue weighted by molar-refractivity contribution is -0.0181. The highest BCUT2D eigenvalue weighted by molar-refractivity contribution is 4.95. The Bertz CT molecular complexity index is 263. The van der Waals surface area contributed by atoms with Crippen LogP contribution in [0, 0.1) is 0 Å². The minimum Gasteiger partial charge on any atom is -0.329 e. The van der Waals surface area contributed by atoms with Crippen molar-refractivity contribution in [2.45, 2.75) is 70.5 Å². The van der Waals surface area contributed by atoms with E-state index in [9.17, 15) is 0 Å². The van der Waals surface area contributed by atoms with Crippen LogP contribution in [0.2, 0.25) is 0 Å². The minimum atomic E-state index is 0.130. The topological polar surface area (TPSA) is 44.5 Å². The molecule has 2 atom stereocenters. The molecule has 2 aliphatic heterocycles. The molecule has 4 heteroatoms. The second kappa shape index (κ2) is 6.53. The molecule has 0 bridgehead atoms. The standard InChI is InChI=1S/C15H32N4/c1-4-18-10-8-15(12-16,9-11-18)17-19-13(2)6-5-7-14(19)3/h13-14,17H,4-12,16H2,1-3H3. The van der Waals surface area contributed by atoms with Crippen LogP contribution < -0.4 is 11.2 Å². The summed E-state index contributed by atoms with van der Waals surface area (Å²) in [7, 11) is 0. The predicted molar refractivity (Wildman–Crippen MR) is 80.9 cm³/mol. The van der Waals surface area contributed by atoms with Crippen LogP contribution in [0.25, 0.3) is 0 Å². The molecule has 2 saturated heterocycles. The molecule has 2 heterocycles. The highest BCUT2D eigenvalue weighted by Gasteiger charge is 2.37. The molecule has 0 saturated carbocycles. The van der Waals surface area contributed by atoms with Gasteiger partial charge in [0.2, 0.25) is 0 Å². The summed E-state index contributed by atoms with van der Waals surface area (Å²) in [5, 5.41) is 2.50. The Morgan fingerprint density at radius 1 is 1.16 bits per heavy atom. The first-order valence-corrected chi connectivity index (χ1v) is 8.09. The van der Waals surface area contributed by atoms with Gasteiger partial charge in [-0.05, 0) is 59.2 Å². The highest BCUT2D eigenvalue weighted by atomic mass is 15.6. The van der Waals surface area contributed by atoms with Gasteiger partial charge in [-0.2, -0.15) is 0 Å². The van der Waals surface area contributed by atoms with Crippen LogP contribution in [0.1, 0.15) is 52.9 Å². The average Bonchev–Trinajstić information content (AvgIpc) is 2.44. The Balaban J connectivity index is 1.98. The summed E-state index contributed by atoms with van der Waals surface area (Å²) in [6, 6.07) is 1.27. The van der Waals surface area contributed by atoms with E-state index in [1.165, 1.54) is 45.2 Å². The van der Waals surface area contributed by atoms with E-state index in [0.29, 0.717) is 12.1 Å². The molecule has 0 aromatic carbocycles. The van der Waals surface area contributed by atoms with E-state index in [4.69, 9.17) is 5.73 Å². The lowest BCUT2D eigenvalue weighted by atomic mass is 9.87. The molecule has 112 valence electrons. The summed E-state index contributed by atoms with van der Waals surface area (Å²) >= 11 is 0. The zero-order chi connectivity index (χ0) is 13.9. The zero-order valence-corrected chi connectivity index (χ0v) is 13.0. The Morgan fingerprint density at radius 2 is 1.74 bits per heavy atom. The van der Waals surface area contributed by atoms with Crippen molar-refractivity contribution in [3.63, 3.8) is 0 Å². The SMILES string of the molecule is CCN1CCC(CN)(NN2C(C)CCCC2C)CC1. The van der Waals surface area contributed by atoms with Gasteiger partial charge >= 0.3 is 0 Å². The summed E-state index contributed by atoms with van der Waals surface area (Å²) in [5.74, 6) is 0. The second-order valence-corrected chi connectivity index (χ2v) is 6.57. The van der Waals surface area contributed by atoms with Gasteiger partial charge < -0.3 is 10.6 Å². The van der Waals surface area contributed by atoms with E-state index in [0.717, 1.165) is 13.1 Å². The van der Waals surface area contributed by atoms with E-state index in [2.05, 4.69) is 36.1 Å². The van der Waals surface area contributed by atoms with Gasteiger partial charge in [-0.25, -0.2) is 10.4 Å². The van der Waals surface area contributed by atoms with Crippen LogP contribution in [0.4, 0.5) is 0 Å². The molecule has 0 aliphatic carbocycles. The number of hydrazine groups is 1. The van der Waals surface area contributed by atoms with E-state index in [-0.39, 0.29) is 5.54 Å². The molecule has 4 nitrogen and oxygen atoms in total. The molecule has 3 N–H and O–H groups in total. The Hall–Kier alpha value is -0.160. The molecule has 0 radical (unpaired) electrons. The number of nitrogens with zero attached hydrogens (tertiary/aromatic N) is 2. The van der Waals surface area contributed by atoms with Crippen molar-refractivity contribution in [1.29, 1.82) is 0 Å². The first-order valence-electron chi connectivity index (χ1n) is 8.09. The normalized spacial score (nSPS) is 33.5. The molecular formula is C15H32N4. The molecule has 0 aromatic heterocycles. The van der Waals surface area contributed by atoms with Crippen LogP contribution in [0.3, 0.4) is 0 Å². The third-order valence-electron chi connectivity index (χ3n) is 5.21. The van der Waals surface area contributed by atoms with Gasteiger partial charge in [0.25, 0.3) is 0 Å². The monoisotopic (exact) mass is 268 g/mol. The van der Waals surface area contributed by atoms with E-state index in [1.54, 1.807) is 0 Å². The number of hydrogen-bond donors (Lipinski definition) is 2. The van der Waals surface area contributed by atoms with Gasteiger partial charge in [0.1, 0.15) is 0 Å². The van der Waals surface area contributed by atoms with Gasteiger partial charge in [-0.1, -0.05) is 13.3 Å². The van der Waals surface area contributed by atoms with Crippen molar-refractivity contribution in [1.82, 2.24) is 15.3 Å². The number of likely N-dealkylation sites (tertiary alicyclic amines) is 1. The third-order valence-corrected chi connectivity index (χ3v) is 5.21. The lowest BCUT2D eigenvalue weighted by Crippen LogP contribution is -2.66. The van der Waals surface area contributed by atoms with Crippen LogP contribution in [0.5, 0.6) is 0 Å². The van der Waals surface area contributed by atoms with Crippen molar-refractivity contribution in [3.05, 3.63) is 0 Å². The van der Waals surface area contributed by atoms with Crippen molar-refractivity contribution >= 4 is 0 Å². The minimum absolute atomic E-state index is 0.130. The number of rotatable bonds is 4. The zero-order valence-electron chi connectivity index (χ0n) is 13.0. The maximum atomic E-state index is 6.13. The first-order chi connectivity index (χ1) is 9.10. The number of hydrogen-bond acceptors (Lipinski definition) is 4. The number of nitrogens with one attached hydrogen (secondary N) is 1. The fraction of sp³-hybridized carbons (Fsp3) is 1.00. The van der Waals surface area contributed by atoms with Gasteiger partial charge in [0.05, 0.1) is 0 Å². The van der Waals surface area contributed by atoms with Crippen molar-refractivity contribution < 1.29 is 0 Å². The molecule has 2 fully saturated rings. The molecule has 2 rings (SSSR count). The van der Waals surface area contributed by atoms with Gasteiger partial charge in [0.15, 0.2) is 0 Å². The fourth-order valence-electron chi connectivity index (χ4n) is 3.57. The third kappa shape index (κ3) is 3.48. The van der Waals surface area contributed by atoms with Gasteiger partial charge in [-0.15, -0.1) is 0 Å². The largest absolute Gasteiger partial charge is 0.329 e. The lowest BCUT2D eigenvalue weighted by Gasteiger charge is -2.49. The smallest absolute Gasteiger partial charge is 0.0472 e. The van der Waals surface area contributed by atoms with Crippen LogP contribution in [0.15, 0.2) is 0 Å². The van der Waals surface area contributed by atoms with Gasteiger partial charge in [-0.3, -0.25) is 0 Å². The molecule has 19 heavy (non-hydrogen) atoms. The fourth-order valence-corrected chi connectivity index (χ4v) is 3.57. The van der Waals surface area contributed by atoms with Crippen molar-refractivity contribution in [3.8, 4) is 0 Å². The maximum absolute atomic E-state index is 6.13. The first kappa shape index (κ1) is 15.2. The van der Waals surface area contributed by atoms with Gasteiger partial charge in [0, 0.05) is 24.2 Å². The van der Waals surface area contributed by atoms with Crippen molar-refractivity contribution in [2.24, 2.45) is 5.73 Å². The molecule has 0 aromatic rings. The summed E-state index contributed by atoms with van der Waals surface area (Å²) < 4.78 is 0. The van der Waals surface area contributed by atoms with Crippen LogP contribution in [-0.2, 0) is 0 Å². The number of piperidine rings is 2. The van der Waals surface area contributed by atoms with Crippen LogP contribution in [-0.4, -0.2) is 53.7 Å². The summed E-state index contributed by atoms with van der Waals surface area (Å²) in [4.78, 5) is 2.53.